The molecule has 10 heteroatoms. The number of esters is 1. The van der Waals surface area contributed by atoms with Gasteiger partial charge in [-0.3, -0.25) is 23.9 Å². The van der Waals surface area contributed by atoms with Gasteiger partial charge in [0.15, 0.2) is 12.0 Å². The molecule has 1 aliphatic heterocycles. The summed E-state index contributed by atoms with van der Waals surface area (Å²) in [5.41, 5.74) is -1.52. The first kappa shape index (κ1) is 16.1. The van der Waals surface area contributed by atoms with Crippen molar-refractivity contribution in [1.82, 2.24) is 9.55 Å². The molecular formula is C12H14N2O8. The van der Waals surface area contributed by atoms with Crippen molar-refractivity contribution in [3.63, 3.8) is 0 Å². The van der Waals surface area contributed by atoms with Crippen molar-refractivity contribution in [2.45, 2.75) is 31.0 Å². The number of hydrogen-bond acceptors (Lipinski definition) is 8. The van der Waals surface area contributed by atoms with Crippen LogP contribution in [-0.4, -0.2) is 56.9 Å². The Labute approximate surface area is 122 Å². The van der Waals surface area contributed by atoms with Crippen molar-refractivity contribution in [2.75, 3.05) is 7.11 Å². The van der Waals surface area contributed by atoms with E-state index in [9.17, 15) is 29.4 Å². The van der Waals surface area contributed by atoms with E-state index in [1.807, 2.05) is 4.98 Å². The second-order valence-corrected chi connectivity index (χ2v) is 4.67. The SMILES string of the molecule is COC(=O)CC(=O)[C@H]1O[C@@H](n2ccc(=O)[nH]c2=O)[C@H](O)[C@@H]1O. The van der Waals surface area contributed by atoms with Gasteiger partial charge in [0.1, 0.15) is 24.7 Å². The van der Waals surface area contributed by atoms with Crippen LogP contribution in [0.15, 0.2) is 21.9 Å². The molecule has 1 saturated heterocycles. The molecule has 1 fully saturated rings. The third-order valence-electron chi connectivity index (χ3n) is 3.23. The first-order valence-corrected chi connectivity index (χ1v) is 6.27. The van der Waals surface area contributed by atoms with E-state index >= 15 is 0 Å². The van der Waals surface area contributed by atoms with Crippen LogP contribution in [0.4, 0.5) is 0 Å². The van der Waals surface area contributed by atoms with Gasteiger partial charge < -0.3 is 19.7 Å². The summed E-state index contributed by atoms with van der Waals surface area (Å²) in [5, 5.41) is 19.8. The fraction of sp³-hybridized carbons (Fsp3) is 0.500. The monoisotopic (exact) mass is 314 g/mol. The van der Waals surface area contributed by atoms with E-state index in [0.717, 1.165) is 23.9 Å². The van der Waals surface area contributed by atoms with Gasteiger partial charge in [-0.25, -0.2) is 4.79 Å². The number of carbonyl (C=O) groups excluding carboxylic acids is 2. The molecule has 120 valence electrons. The standard InChI is InChI=1S/C12H14N2O8/c1-21-7(17)4-5(15)10-8(18)9(19)11(22-10)14-3-2-6(16)13-12(14)20/h2-3,8-11,18-19H,4H2,1H3,(H,13,16,20)/t8-,9+,10+,11+/m0/s1. The topological polar surface area (TPSA) is 148 Å². The van der Waals surface area contributed by atoms with E-state index in [0.29, 0.717) is 0 Å². The molecule has 0 unspecified atom stereocenters. The number of ether oxygens (including phenoxy) is 2. The molecule has 1 aromatic heterocycles. The molecule has 0 saturated carbocycles. The minimum Gasteiger partial charge on any atom is -0.469 e. The predicted octanol–water partition coefficient (Wildman–Crippen LogP) is -2.71. The fourth-order valence-electron chi connectivity index (χ4n) is 2.10. The zero-order valence-corrected chi connectivity index (χ0v) is 11.5. The molecule has 3 N–H and O–H groups in total. The van der Waals surface area contributed by atoms with Crippen molar-refractivity contribution in [3.8, 4) is 0 Å². The molecule has 2 heterocycles. The first-order valence-electron chi connectivity index (χ1n) is 6.27. The van der Waals surface area contributed by atoms with Crippen molar-refractivity contribution < 1.29 is 29.3 Å². The number of hydrogen-bond donors (Lipinski definition) is 3. The van der Waals surface area contributed by atoms with Crippen LogP contribution in [0.5, 0.6) is 0 Å². The van der Waals surface area contributed by atoms with Crippen molar-refractivity contribution >= 4 is 11.8 Å². The molecule has 22 heavy (non-hydrogen) atoms. The van der Waals surface area contributed by atoms with Crippen molar-refractivity contribution in [2.24, 2.45) is 0 Å². The van der Waals surface area contributed by atoms with Gasteiger partial charge in [-0.05, 0) is 0 Å². The van der Waals surface area contributed by atoms with E-state index in [4.69, 9.17) is 4.74 Å². The van der Waals surface area contributed by atoms with E-state index in [2.05, 4.69) is 4.74 Å². The number of carbonyl (C=O) groups is 2. The highest BCUT2D eigenvalue weighted by Gasteiger charge is 2.47. The summed E-state index contributed by atoms with van der Waals surface area (Å²) < 4.78 is 10.3. The van der Waals surface area contributed by atoms with Gasteiger partial charge in [-0.2, -0.15) is 0 Å². The Morgan fingerprint density at radius 3 is 2.64 bits per heavy atom. The number of Topliss-reactive ketones (excluding diaryl/α,β-unsaturated/α-hetero) is 1. The van der Waals surface area contributed by atoms with Crippen LogP contribution >= 0.6 is 0 Å². The third kappa shape index (κ3) is 2.98. The van der Waals surface area contributed by atoms with E-state index in [-0.39, 0.29) is 0 Å². The maximum absolute atomic E-state index is 11.8. The Morgan fingerprint density at radius 2 is 2.05 bits per heavy atom. The summed E-state index contributed by atoms with van der Waals surface area (Å²) in [6, 6.07) is 1.02. The highest BCUT2D eigenvalue weighted by atomic mass is 16.6. The van der Waals surface area contributed by atoms with E-state index in [1.165, 1.54) is 0 Å². The van der Waals surface area contributed by atoms with Crippen LogP contribution in [0.3, 0.4) is 0 Å². The minimum atomic E-state index is -1.62. The lowest BCUT2D eigenvalue weighted by Crippen LogP contribution is -2.38. The van der Waals surface area contributed by atoms with Gasteiger partial charge in [-0.15, -0.1) is 0 Å². The van der Waals surface area contributed by atoms with Gasteiger partial charge in [0.2, 0.25) is 0 Å². The lowest BCUT2D eigenvalue weighted by Gasteiger charge is -2.16. The van der Waals surface area contributed by atoms with Crippen LogP contribution in [-0.2, 0) is 19.1 Å². The van der Waals surface area contributed by atoms with Gasteiger partial charge in [0.05, 0.1) is 7.11 Å². The Bertz CT molecular complexity index is 693. The lowest BCUT2D eigenvalue weighted by atomic mass is 10.0. The summed E-state index contributed by atoms with van der Waals surface area (Å²) in [7, 11) is 1.10. The zero-order chi connectivity index (χ0) is 16.4. The quantitative estimate of drug-likeness (QED) is 0.401. The van der Waals surface area contributed by atoms with Crippen LogP contribution < -0.4 is 11.2 Å². The summed E-state index contributed by atoms with van der Waals surface area (Å²) in [5.74, 6) is -1.61. The van der Waals surface area contributed by atoms with Crippen LogP contribution in [0.2, 0.25) is 0 Å². The number of aromatic nitrogens is 2. The number of aliphatic hydroxyl groups excluding tert-OH is 2. The molecule has 0 spiro atoms. The van der Waals surface area contributed by atoms with Gasteiger partial charge in [0.25, 0.3) is 5.56 Å². The third-order valence-corrected chi connectivity index (χ3v) is 3.23. The summed E-state index contributed by atoms with van der Waals surface area (Å²) in [6.45, 7) is 0. The molecular weight excluding hydrogens is 300 g/mol. The Morgan fingerprint density at radius 1 is 1.36 bits per heavy atom. The molecule has 4 atom stereocenters. The van der Waals surface area contributed by atoms with Crippen LogP contribution in [0.1, 0.15) is 12.6 Å². The van der Waals surface area contributed by atoms with Gasteiger partial charge in [0, 0.05) is 12.3 Å². The largest absolute Gasteiger partial charge is 0.469 e. The zero-order valence-electron chi connectivity index (χ0n) is 11.5. The normalized spacial score (nSPS) is 27.6. The second-order valence-electron chi connectivity index (χ2n) is 4.67. The minimum absolute atomic E-state index is 0.641. The number of methoxy groups -OCH3 is 1. The van der Waals surface area contributed by atoms with Crippen molar-refractivity contribution in [3.05, 3.63) is 33.1 Å². The fourth-order valence-corrected chi connectivity index (χ4v) is 2.10. The Balaban J connectivity index is 2.23. The number of nitrogens with one attached hydrogen (secondary N) is 1. The molecule has 0 bridgehead atoms. The number of aliphatic hydroxyl groups is 2. The number of rotatable bonds is 4. The molecule has 0 radical (unpaired) electrons. The summed E-state index contributed by atoms with van der Waals surface area (Å²) in [4.78, 5) is 47.5. The summed E-state index contributed by atoms with van der Waals surface area (Å²) in [6.07, 6.45) is -5.65. The van der Waals surface area contributed by atoms with Crippen molar-refractivity contribution in [1.29, 1.82) is 0 Å². The van der Waals surface area contributed by atoms with Gasteiger partial charge in [-0.1, -0.05) is 0 Å². The number of H-pyrrole nitrogens is 1. The van der Waals surface area contributed by atoms with Crippen LogP contribution in [0, 0.1) is 0 Å². The first-order chi connectivity index (χ1) is 10.3. The lowest BCUT2D eigenvalue weighted by molar-refractivity contribution is -0.148. The average Bonchev–Trinajstić information content (AvgIpc) is 2.75. The van der Waals surface area contributed by atoms with E-state index in [1.54, 1.807) is 0 Å². The maximum atomic E-state index is 11.8. The Hall–Kier alpha value is -2.30. The number of nitrogens with zero attached hydrogens (tertiary/aromatic N) is 1. The highest BCUT2D eigenvalue weighted by Crippen LogP contribution is 2.29. The molecule has 10 nitrogen and oxygen atoms in total. The highest BCUT2D eigenvalue weighted by molar-refractivity contribution is 5.98. The smallest absolute Gasteiger partial charge is 0.330 e. The second kappa shape index (κ2) is 6.22. The Kier molecular flexibility index (Phi) is 4.54. The molecule has 0 aliphatic carbocycles. The molecule has 2 rings (SSSR count). The molecule has 0 aromatic carbocycles. The molecule has 0 amide bonds. The maximum Gasteiger partial charge on any atom is 0.330 e. The summed E-state index contributed by atoms with van der Waals surface area (Å²) >= 11 is 0. The molecule has 1 aliphatic rings. The number of ketones is 1. The predicted molar refractivity (Wildman–Crippen MR) is 68.9 cm³/mol. The van der Waals surface area contributed by atoms with E-state index < -0.39 is 54.0 Å². The number of aromatic amines is 1. The average molecular weight is 314 g/mol. The van der Waals surface area contributed by atoms with Gasteiger partial charge >= 0.3 is 11.7 Å². The molecule has 1 aromatic rings. The van der Waals surface area contributed by atoms with Crippen LogP contribution in [0.25, 0.3) is 0 Å².